The first kappa shape index (κ1) is 114. The van der Waals surface area contributed by atoms with Crippen molar-refractivity contribution in [2.45, 2.75) is 132 Å². The van der Waals surface area contributed by atoms with Crippen LogP contribution < -0.4 is 53.6 Å². The highest BCUT2D eigenvalue weighted by molar-refractivity contribution is 5.80. The first-order chi connectivity index (χ1) is 57.1. The number of nitrogens with two attached hydrogens (primary N) is 1. The zero-order valence-corrected chi connectivity index (χ0v) is 74.9. The van der Waals surface area contributed by atoms with E-state index in [2.05, 4.69) is 47.9 Å². The van der Waals surface area contributed by atoms with Crippen LogP contribution in [0.15, 0.2) is 0 Å². The summed E-state index contributed by atoms with van der Waals surface area (Å²) in [5.41, 5.74) is 2.24. The molecule has 0 aromatic rings. The molecule has 0 spiro atoms. The molecular weight excluding hydrogens is 1610 g/mol. The van der Waals surface area contributed by atoms with Crippen molar-refractivity contribution >= 4 is 78.0 Å². The van der Waals surface area contributed by atoms with Gasteiger partial charge in [-0.1, -0.05) is 0 Å². The van der Waals surface area contributed by atoms with Gasteiger partial charge in [0.25, 0.3) is 0 Å². The number of carboxylic acids is 4. The molecule has 0 radical (unpaired) electrons. The van der Waals surface area contributed by atoms with E-state index in [0.29, 0.717) is 131 Å². The van der Waals surface area contributed by atoms with E-state index in [0.717, 1.165) is 0 Å². The Labute approximate surface area is 718 Å². The average molecular weight is 1760 g/mol. The third-order valence-corrected chi connectivity index (χ3v) is 15.9. The number of amides is 9. The lowest BCUT2D eigenvalue weighted by molar-refractivity contribution is -0.141. The zero-order chi connectivity index (χ0) is 92.2. The lowest BCUT2D eigenvalue weighted by atomic mass is 10.2. The molecule has 2 aliphatic rings. The number of aliphatic carboxylic acids is 4. The second-order valence-corrected chi connectivity index (χ2v) is 33.2. The molecule has 9 amide bonds. The summed E-state index contributed by atoms with van der Waals surface area (Å²) in [5.74, 6) is -5.12. The van der Waals surface area contributed by atoms with Gasteiger partial charge in [0.15, 0.2) is 0 Å². The smallest absolute Gasteiger partial charge is 0.407 e. The van der Waals surface area contributed by atoms with Crippen molar-refractivity contribution in [1.82, 2.24) is 87.1 Å². The molecule has 122 heavy (non-hydrogen) atoms. The predicted molar refractivity (Wildman–Crippen MR) is 448 cm³/mol. The van der Waals surface area contributed by atoms with Crippen LogP contribution in [0.4, 0.5) is 24.0 Å². The van der Waals surface area contributed by atoms with Crippen molar-refractivity contribution in [2.24, 2.45) is 5.73 Å². The molecule has 0 unspecified atom stereocenters. The molecular formula is C77H148N18O27. The molecule has 2 rings (SSSR count). The van der Waals surface area contributed by atoms with Gasteiger partial charge in [0.05, 0.1) is 118 Å². The number of carboxylic acid groups (broad SMARTS) is 4. The van der Waals surface area contributed by atoms with Gasteiger partial charge >= 0.3 is 54.3 Å². The van der Waals surface area contributed by atoms with Crippen molar-refractivity contribution < 1.29 is 130 Å². The van der Waals surface area contributed by atoms with E-state index in [-0.39, 0.29) is 181 Å². The normalized spacial score (nSPS) is 15.4. The fourth-order valence-corrected chi connectivity index (χ4v) is 10.6. The van der Waals surface area contributed by atoms with E-state index >= 15 is 0 Å². The van der Waals surface area contributed by atoms with Crippen LogP contribution in [0.3, 0.4) is 0 Å². The first-order valence-electron chi connectivity index (χ1n) is 41.2. The van der Waals surface area contributed by atoms with Crippen LogP contribution >= 0.6 is 0 Å². The second-order valence-electron chi connectivity index (χ2n) is 33.2. The average Bonchev–Trinajstić information content (AvgIpc) is 0.900. The van der Waals surface area contributed by atoms with E-state index in [1.165, 1.54) is 0 Å². The predicted octanol–water partition coefficient (Wildman–Crippen LogP) is -2.13. The van der Waals surface area contributed by atoms with Crippen LogP contribution in [0.2, 0.25) is 0 Å². The van der Waals surface area contributed by atoms with E-state index in [1.54, 1.807) is 103 Å². The lowest BCUT2D eigenvalue weighted by Crippen LogP contribution is -2.51. The maximum absolute atomic E-state index is 13.4. The van der Waals surface area contributed by atoms with Gasteiger partial charge in [-0.15, -0.1) is 0 Å². The third-order valence-electron chi connectivity index (χ3n) is 15.9. The number of nitrogens with one attached hydrogen (secondary N) is 9. The van der Waals surface area contributed by atoms with E-state index < -0.39 is 82.3 Å². The van der Waals surface area contributed by atoms with Crippen LogP contribution in [0.5, 0.6) is 0 Å². The SMILES string of the molecule is CC(C)(C)OC(=O)NCCOCCN.CC(C)(C)OC(=O)NCCOCCNC(=O)CN1CCN(CC(=O)NCCOCCNC(=O)OC(C)(C)C)CCN(CC(=O)NCCOCCNC(=O)OC(C)(C)C)CCN(CC(=O)NCCOCCNC(=O)OC(C)(C)C)CC1.O=C(O)CN1CCN(CC(=O)O)CCN(CC(=O)O)CCN(CC(=O)O)CC1. The van der Waals surface area contributed by atoms with Crippen LogP contribution in [-0.2, 0) is 85.7 Å². The van der Waals surface area contributed by atoms with Crippen molar-refractivity contribution in [3.63, 3.8) is 0 Å². The molecule has 0 atom stereocenters. The molecule has 0 aromatic heterocycles. The summed E-state index contributed by atoms with van der Waals surface area (Å²) < 4.78 is 53.4. The number of nitrogens with zero attached hydrogens (tertiary/aromatic N) is 8. The molecule has 0 bridgehead atoms. The number of carbonyl (C=O) groups excluding carboxylic acids is 9. The fourth-order valence-electron chi connectivity index (χ4n) is 10.6. The monoisotopic (exact) mass is 1760 g/mol. The molecule has 0 aliphatic carbocycles. The third kappa shape index (κ3) is 74.2. The number of rotatable bonds is 45. The van der Waals surface area contributed by atoms with Gasteiger partial charge < -0.3 is 121 Å². The molecule has 15 N–H and O–H groups in total. The molecule has 2 heterocycles. The Morgan fingerprint density at radius 3 is 0.492 bits per heavy atom. The minimum Gasteiger partial charge on any atom is -0.480 e. The Morgan fingerprint density at radius 1 is 0.230 bits per heavy atom. The van der Waals surface area contributed by atoms with Crippen LogP contribution in [0.25, 0.3) is 0 Å². The van der Waals surface area contributed by atoms with Gasteiger partial charge in [-0.25, -0.2) is 24.0 Å². The molecule has 2 aliphatic heterocycles. The summed E-state index contributed by atoms with van der Waals surface area (Å²) in [6.07, 6.45) is -2.64. The summed E-state index contributed by atoms with van der Waals surface area (Å²) in [4.78, 5) is 171. The van der Waals surface area contributed by atoms with Gasteiger partial charge in [-0.2, -0.15) is 0 Å². The molecule has 708 valence electrons. The summed E-state index contributed by atoms with van der Waals surface area (Å²) in [7, 11) is 0. The maximum atomic E-state index is 13.4. The van der Waals surface area contributed by atoms with Gasteiger partial charge in [-0.05, 0) is 104 Å². The van der Waals surface area contributed by atoms with E-state index in [9.17, 15) is 62.3 Å². The number of alkyl carbamates (subject to hydrolysis) is 5. The van der Waals surface area contributed by atoms with Gasteiger partial charge in [0, 0.05) is 170 Å². The first-order valence-corrected chi connectivity index (χ1v) is 41.2. The number of carbonyl (C=O) groups is 13. The van der Waals surface area contributed by atoms with Gasteiger partial charge in [-0.3, -0.25) is 77.6 Å². The zero-order valence-electron chi connectivity index (χ0n) is 74.9. The molecule has 2 fully saturated rings. The summed E-state index contributed by atoms with van der Waals surface area (Å²) in [6.45, 7) is 36.5. The molecule has 0 aromatic carbocycles. The van der Waals surface area contributed by atoms with E-state index in [1.807, 2.05) is 40.4 Å². The summed E-state index contributed by atoms with van der Waals surface area (Å²) in [6, 6.07) is 0. The Bertz CT molecular complexity index is 2640. The van der Waals surface area contributed by atoms with E-state index in [4.69, 9.17) is 73.5 Å². The minimum atomic E-state index is -1.02. The van der Waals surface area contributed by atoms with Crippen LogP contribution in [0.1, 0.15) is 104 Å². The Morgan fingerprint density at radius 2 is 0.361 bits per heavy atom. The highest BCUT2D eigenvalue weighted by atomic mass is 16.6. The lowest BCUT2D eigenvalue weighted by Gasteiger charge is -2.33. The Hall–Kier alpha value is -8.45. The number of ether oxygens (including phenoxy) is 10. The standard InChI is InChI=1S/C52H100N12O16.C16H28N4O8.C9H20N2O3/c1-49(2,3)77-45(69)57-17-33-73-29-13-53-41(65)37-61-21-23-62(38-42(66)54-14-30-74-34-18-58-46(70)78-50(4,5)6)25-27-64(40-44(68)56-16-32-76-36-20-60-48(72)80-52(10,11)12)28-26-63(24-22-61)39-43(67)55-15-31-75-35-19-59-47(71)79-51(7,8)9;21-13(22)9-17-1-2-18(10-14(23)24)5-6-20(12-16(27)28)8-7-19(4-3-17)11-15(25)26;1-9(2,3)14-8(12)11-5-7-13-6-4-10/h13-40H2,1-12H3,(H,53,65)(H,54,66)(H,55,67)(H,56,68)(H,57,69)(H,58,70)(H,59,71)(H,60,72);1-12H2,(H,21,22)(H,23,24)(H,25,26)(H,27,28);4-7,10H2,1-3H3,(H,11,12). The molecule has 45 nitrogen and oxygen atoms in total. The largest absolute Gasteiger partial charge is 0.480 e. The van der Waals surface area contributed by atoms with Gasteiger partial charge in [0.1, 0.15) is 28.0 Å². The summed E-state index contributed by atoms with van der Waals surface area (Å²) >= 11 is 0. The molecule has 2 saturated heterocycles. The maximum Gasteiger partial charge on any atom is 0.407 e. The second kappa shape index (κ2) is 64.3. The van der Waals surface area contributed by atoms with Crippen LogP contribution in [0, 0.1) is 0 Å². The number of hydrogen-bond acceptors (Lipinski definition) is 32. The van der Waals surface area contributed by atoms with Crippen molar-refractivity contribution in [3.05, 3.63) is 0 Å². The fraction of sp³-hybridized carbons (Fsp3) is 0.831. The van der Waals surface area contributed by atoms with Crippen LogP contribution in [-0.4, -0.2) is 454 Å². The molecule has 45 heteroatoms. The quantitative estimate of drug-likeness (QED) is 0.0229. The molecule has 0 saturated carbocycles. The highest BCUT2D eigenvalue weighted by Gasteiger charge is 2.27. The summed E-state index contributed by atoms with van der Waals surface area (Å²) in [5, 5.41) is 60.9. The van der Waals surface area contributed by atoms with Crippen molar-refractivity contribution in [3.8, 4) is 0 Å². The Kier molecular flexibility index (Phi) is 59.9. The minimum absolute atomic E-state index is 0.0107. The highest BCUT2D eigenvalue weighted by Crippen LogP contribution is 2.11. The van der Waals surface area contributed by atoms with Crippen molar-refractivity contribution in [2.75, 3.05) is 289 Å². The number of hydrogen-bond donors (Lipinski definition) is 14. The topological polar surface area (TPSA) is 555 Å². The van der Waals surface area contributed by atoms with Crippen molar-refractivity contribution in [1.29, 1.82) is 0 Å². The van der Waals surface area contributed by atoms with Gasteiger partial charge in [0.2, 0.25) is 23.6 Å². The Balaban J connectivity index is 0.00000281.